The van der Waals surface area contributed by atoms with Crippen molar-refractivity contribution in [3.05, 3.63) is 158 Å². The van der Waals surface area contributed by atoms with Gasteiger partial charge in [0.05, 0.1) is 11.3 Å². The second-order valence-corrected chi connectivity index (χ2v) is 13.7. The maximum atomic E-state index is 6.92. The molecule has 11 aromatic rings. The van der Waals surface area contributed by atoms with E-state index in [1.165, 1.54) is 38.4 Å². The molecule has 3 aromatic heterocycles. The summed E-state index contributed by atoms with van der Waals surface area (Å²) in [6.45, 7) is 0. The average Bonchev–Trinajstić information content (AvgIpc) is 3.88. The third-order valence-electron chi connectivity index (χ3n) is 10.9. The number of nitrogens with zero attached hydrogens (tertiary/aromatic N) is 2. The van der Waals surface area contributed by atoms with E-state index >= 15 is 0 Å². The van der Waals surface area contributed by atoms with Gasteiger partial charge in [-0.1, -0.05) is 127 Å². The van der Waals surface area contributed by atoms with Crippen molar-refractivity contribution >= 4 is 65.4 Å². The Labute approximate surface area is 297 Å². The van der Waals surface area contributed by atoms with Crippen molar-refractivity contribution in [3.63, 3.8) is 0 Å². The van der Waals surface area contributed by atoms with E-state index in [1.807, 2.05) is 30.5 Å². The van der Waals surface area contributed by atoms with Crippen molar-refractivity contribution < 1.29 is 8.83 Å². The molecule has 1 aliphatic rings. The summed E-state index contributed by atoms with van der Waals surface area (Å²) >= 11 is 0. The van der Waals surface area contributed by atoms with Gasteiger partial charge in [-0.3, -0.25) is 0 Å². The van der Waals surface area contributed by atoms with E-state index in [0.29, 0.717) is 5.82 Å². The molecule has 4 nitrogen and oxygen atoms in total. The molecule has 0 atom stereocenters. The third-order valence-corrected chi connectivity index (χ3v) is 10.9. The van der Waals surface area contributed by atoms with Crippen molar-refractivity contribution in [2.45, 2.75) is 0 Å². The number of fused-ring (bicyclic) bond motifs is 11. The Morgan fingerprint density at radius 3 is 1.94 bits per heavy atom. The predicted octanol–water partition coefficient (Wildman–Crippen LogP) is 13.2. The van der Waals surface area contributed by atoms with Crippen LogP contribution in [0, 0.1) is 0 Å². The van der Waals surface area contributed by atoms with Gasteiger partial charge in [0, 0.05) is 44.4 Å². The molecular weight excluding hydrogens is 637 g/mol. The summed E-state index contributed by atoms with van der Waals surface area (Å²) in [5, 5.41) is 9.15. The highest BCUT2D eigenvalue weighted by Gasteiger charge is 2.26. The molecule has 1 aliphatic carbocycles. The Bertz CT molecular complexity index is 3310. The van der Waals surface area contributed by atoms with Crippen LogP contribution >= 0.6 is 0 Å². The molecule has 0 fully saturated rings. The lowest BCUT2D eigenvalue weighted by molar-refractivity contribution is 0.669. The third kappa shape index (κ3) is 3.75. The van der Waals surface area contributed by atoms with Gasteiger partial charge in [-0.2, -0.15) is 0 Å². The summed E-state index contributed by atoms with van der Waals surface area (Å²) in [5.41, 5.74) is 12.9. The molecule has 0 saturated heterocycles. The van der Waals surface area contributed by atoms with Crippen LogP contribution in [0.5, 0.6) is 0 Å². The van der Waals surface area contributed by atoms with Crippen molar-refractivity contribution in [2.24, 2.45) is 0 Å². The largest absolute Gasteiger partial charge is 0.455 e. The lowest BCUT2D eigenvalue weighted by Crippen LogP contribution is -1.97. The molecule has 240 valence electrons. The van der Waals surface area contributed by atoms with Gasteiger partial charge in [-0.05, 0) is 68.1 Å². The fraction of sp³-hybridized carbons (Fsp3) is 0. The molecule has 8 aromatic carbocycles. The summed E-state index contributed by atoms with van der Waals surface area (Å²) in [6.07, 6.45) is 1.96. The fourth-order valence-electron chi connectivity index (χ4n) is 8.56. The minimum Gasteiger partial charge on any atom is -0.455 e. The molecule has 0 saturated carbocycles. The van der Waals surface area contributed by atoms with Crippen LogP contribution in [-0.2, 0) is 0 Å². The number of para-hydroxylation sites is 3. The number of hydrogen-bond donors (Lipinski definition) is 0. The topological polar surface area (TPSA) is 52.1 Å². The van der Waals surface area contributed by atoms with Crippen LogP contribution in [0.1, 0.15) is 0 Å². The Hall–Kier alpha value is -7.04. The van der Waals surface area contributed by atoms with Gasteiger partial charge < -0.3 is 8.83 Å². The van der Waals surface area contributed by atoms with E-state index in [1.54, 1.807) is 0 Å². The molecule has 12 rings (SSSR count). The zero-order valence-electron chi connectivity index (χ0n) is 27.7. The summed E-state index contributed by atoms with van der Waals surface area (Å²) in [7, 11) is 0. The molecule has 0 N–H and O–H groups in total. The normalized spacial score (nSPS) is 12.2. The van der Waals surface area contributed by atoms with Gasteiger partial charge in [0.25, 0.3) is 0 Å². The van der Waals surface area contributed by atoms with Crippen LogP contribution < -0.4 is 0 Å². The fourth-order valence-corrected chi connectivity index (χ4v) is 8.56. The zero-order valence-corrected chi connectivity index (χ0v) is 27.7. The van der Waals surface area contributed by atoms with Crippen LogP contribution in [0.4, 0.5) is 0 Å². The van der Waals surface area contributed by atoms with Crippen molar-refractivity contribution in [2.75, 3.05) is 0 Å². The second-order valence-electron chi connectivity index (χ2n) is 13.7. The molecule has 0 radical (unpaired) electrons. The number of benzene rings is 8. The number of aromatic nitrogens is 2. The standard InChI is InChI=1S/C48H26N2O2/c1-2-11-28-24-29(23-22-27(28)10-1)45-40(26-49-48(50-45)38-20-9-16-34-32-14-5-6-21-41(32)51-47(34)38)35-17-8-19-37-44-36-18-7-15-33-30-12-3-4-13-31(30)39(43(33)36)25-42(44)52-46(35)37/h1-26H. The van der Waals surface area contributed by atoms with Gasteiger partial charge in [-0.15, -0.1) is 0 Å². The second kappa shape index (κ2) is 10.3. The Morgan fingerprint density at radius 2 is 1.04 bits per heavy atom. The smallest absolute Gasteiger partial charge is 0.163 e. The predicted molar refractivity (Wildman–Crippen MR) is 212 cm³/mol. The number of rotatable bonds is 3. The molecule has 52 heavy (non-hydrogen) atoms. The molecule has 4 heteroatoms. The van der Waals surface area contributed by atoms with Crippen LogP contribution in [0.3, 0.4) is 0 Å². The molecule has 0 amide bonds. The highest BCUT2D eigenvalue weighted by molar-refractivity contribution is 6.28. The Morgan fingerprint density at radius 1 is 0.385 bits per heavy atom. The quantitative estimate of drug-likeness (QED) is 0.189. The van der Waals surface area contributed by atoms with Crippen molar-refractivity contribution in [3.8, 4) is 56.0 Å². The van der Waals surface area contributed by atoms with Crippen LogP contribution in [0.15, 0.2) is 167 Å². The van der Waals surface area contributed by atoms with Gasteiger partial charge in [-0.25, -0.2) is 9.97 Å². The summed E-state index contributed by atoms with van der Waals surface area (Å²) in [6, 6.07) is 53.3. The first-order valence-electron chi connectivity index (χ1n) is 17.6. The SMILES string of the molecule is c1ccc2c(c1)-c1cccc3c1c-2cc1oc2c(-c4cnc(-c5cccc6c5oc5ccccc56)nc4-c4ccc5ccccc5c4)cccc2c13. The van der Waals surface area contributed by atoms with Crippen LogP contribution in [0.25, 0.3) is 121 Å². The average molecular weight is 663 g/mol. The van der Waals surface area contributed by atoms with E-state index in [9.17, 15) is 0 Å². The molecule has 3 heterocycles. The van der Waals surface area contributed by atoms with Gasteiger partial charge in [0.15, 0.2) is 5.82 Å². The van der Waals surface area contributed by atoms with Gasteiger partial charge >= 0.3 is 0 Å². The highest BCUT2D eigenvalue weighted by Crippen LogP contribution is 2.51. The molecular formula is C48H26N2O2. The number of hydrogen-bond acceptors (Lipinski definition) is 4. The lowest BCUT2D eigenvalue weighted by Gasteiger charge is -2.13. The van der Waals surface area contributed by atoms with Crippen LogP contribution in [0.2, 0.25) is 0 Å². The molecule has 0 bridgehead atoms. The van der Waals surface area contributed by atoms with E-state index in [0.717, 1.165) is 77.2 Å². The summed E-state index contributed by atoms with van der Waals surface area (Å²) in [5.74, 6) is 0.609. The first kappa shape index (κ1) is 27.7. The highest BCUT2D eigenvalue weighted by atomic mass is 16.3. The van der Waals surface area contributed by atoms with E-state index < -0.39 is 0 Å². The van der Waals surface area contributed by atoms with E-state index in [-0.39, 0.29) is 0 Å². The molecule has 0 aliphatic heterocycles. The van der Waals surface area contributed by atoms with Crippen molar-refractivity contribution in [1.29, 1.82) is 0 Å². The van der Waals surface area contributed by atoms with E-state index in [2.05, 4.69) is 127 Å². The van der Waals surface area contributed by atoms with Gasteiger partial charge in [0.1, 0.15) is 22.3 Å². The minimum absolute atomic E-state index is 0.609. The first-order valence-corrected chi connectivity index (χ1v) is 17.6. The minimum atomic E-state index is 0.609. The zero-order chi connectivity index (χ0) is 33.9. The summed E-state index contributed by atoms with van der Waals surface area (Å²) < 4.78 is 13.4. The Kier molecular flexibility index (Phi) is 5.47. The number of furan rings is 2. The maximum absolute atomic E-state index is 6.92. The Balaban J connectivity index is 1.13. The molecule has 0 unspecified atom stereocenters. The summed E-state index contributed by atoms with van der Waals surface area (Å²) in [4.78, 5) is 10.4. The monoisotopic (exact) mass is 662 g/mol. The first-order chi connectivity index (χ1) is 25.8. The maximum Gasteiger partial charge on any atom is 0.163 e. The molecule has 0 spiro atoms. The van der Waals surface area contributed by atoms with E-state index in [4.69, 9.17) is 18.8 Å². The van der Waals surface area contributed by atoms with Gasteiger partial charge in [0.2, 0.25) is 0 Å². The van der Waals surface area contributed by atoms with Crippen LogP contribution in [-0.4, -0.2) is 9.97 Å². The lowest BCUT2D eigenvalue weighted by atomic mass is 9.95. The van der Waals surface area contributed by atoms with Crippen molar-refractivity contribution in [1.82, 2.24) is 9.97 Å².